The van der Waals surface area contributed by atoms with E-state index in [0.717, 1.165) is 35.2 Å². The van der Waals surface area contributed by atoms with Gasteiger partial charge in [0.05, 0.1) is 11.3 Å². The Morgan fingerprint density at radius 3 is 2.71 bits per heavy atom. The number of benzene rings is 1. The summed E-state index contributed by atoms with van der Waals surface area (Å²) in [5.41, 5.74) is 3.86. The average molecular weight is 343 g/mol. The van der Waals surface area contributed by atoms with Crippen molar-refractivity contribution in [3.63, 3.8) is 0 Å². The number of nitrogens with zero attached hydrogens (tertiary/aromatic N) is 5. The van der Waals surface area contributed by atoms with Crippen LogP contribution >= 0.6 is 11.8 Å². The van der Waals surface area contributed by atoms with Crippen LogP contribution in [-0.4, -0.2) is 49.4 Å². The van der Waals surface area contributed by atoms with Gasteiger partial charge in [0.25, 0.3) is 0 Å². The Balaban J connectivity index is 1.90. The predicted molar refractivity (Wildman–Crippen MR) is 97.2 cm³/mol. The minimum absolute atomic E-state index is 0.0985. The van der Waals surface area contributed by atoms with Crippen LogP contribution in [0, 0.1) is 6.92 Å². The van der Waals surface area contributed by atoms with E-state index in [-0.39, 0.29) is 5.91 Å². The second-order valence-corrected chi connectivity index (χ2v) is 6.64. The highest BCUT2D eigenvalue weighted by Crippen LogP contribution is 2.27. The van der Waals surface area contributed by atoms with Crippen LogP contribution in [0.2, 0.25) is 0 Å². The van der Waals surface area contributed by atoms with Gasteiger partial charge in [-0.05, 0) is 32.9 Å². The average Bonchev–Trinajstić information content (AvgIpc) is 2.86. The molecule has 2 heterocycles. The number of hydrogen-bond donors (Lipinski definition) is 0. The monoisotopic (exact) mass is 343 g/mol. The van der Waals surface area contributed by atoms with Crippen molar-refractivity contribution < 1.29 is 4.79 Å². The smallest absolute Gasteiger partial charge is 0.233 e. The summed E-state index contributed by atoms with van der Waals surface area (Å²) in [6.45, 7) is 7.46. The molecule has 0 radical (unpaired) electrons. The normalized spacial score (nSPS) is 11.3. The lowest BCUT2D eigenvalue weighted by molar-refractivity contribution is -0.127. The van der Waals surface area contributed by atoms with Crippen LogP contribution < -0.4 is 0 Å². The highest BCUT2D eigenvalue weighted by atomic mass is 32.2. The maximum atomic E-state index is 12.1. The predicted octanol–water partition coefficient (Wildman–Crippen LogP) is 2.79. The van der Waals surface area contributed by atoms with E-state index in [4.69, 9.17) is 0 Å². The number of aryl methyl sites for hydroxylation is 2. The van der Waals surface area contributed by atoms with E-state index in [0.29, 0.717) is 10.9 Å². The van der Waals surface area contributed by atoms with Crippen molar-refractivity contribution >= 4 is 39.7 Å². The summed E-state index contributed by atoms with van der Waals surface area (Å²) in [6, 6.07) is 6.25. The lowest BCUT2D eigenvalue weighted by atomic mass is 10.2. The SMILES string of the molecule is CCN(CC)C(=O)CSc1nnc2c3cc(C)ccc3n(C)c2n1. The van der Waals surface area contributed by atoms with Crippen LogP contribution in [0.25, 0.3) is 22.1 Å². The Labute approximate surface area is 145 Å². The zero-order valence-electron chi connectivity index (χ0n) is 14.4. The van der Waals surface area contributed by atoms with Crippen molar-refractivity contribution in [1.29, 1.82) is 0 Å². The second-order valence-electron chi connectivity index (χ2n) is 5.70. The topological polar surface area (TPSA) is 63.9 Å². The third-order valence-electron chi connectivity index (χ3n) is 4.18. The van der Waals surface area contributed by atoms with Crippen LogP contribution in [0.1, 0.15) is 19.4 Å². The lowest BCUT2D eigenvalue weighted by Crippen LogP contribution is -2.31. The molecule has 0 N–H and O–H groups in total. The Hall–Kier alpha value is -2.15. The highest BCUT2D eigenvalue weighted by Gasteiger charge is 2.15. The Morgan fingerprint density at radius 1 is 1.25 bits per heavy atom. The van der Waals surface area contributed by atoms with E-state index in [1.165, 1.54) is 17.3 Å². The van der Waals surface area contributed by atoms with Crippen LogP contribution in [0.15, 0.2) is 23.4 Å². The summed E-state index contributed by atoms with van der Waals surface area (Å²) in [4.78, 5) is 18.5. The van der Waals surface area contributed by atoms with Crippen LogP contribution in [0.5, 0.6) is 0 Å². The molecule has 3 rings (SSSR count). The first kappa shape index (κ1) is 16.7. The summed E-state index contributed by atoms with van der Waals surface area (Å²) >= 11 is 1.33. The molecule has 6 nitrogen and oxygen atoms in total. The molecule has 0 fully saturated rings. The number of carbonyl (C=O) groups is 1. The van der Waals surface area contributed by atoms with Crippen molar-refractivity contribution in [3.05, 3.63) is 23.8 Å². The van der Waals surface area contributed by atoms with Crippen molar-refractivity contribution in [2.75, 3.05) is 18.8 Å². The fraction of sp³-hybridized carbons (Fsp3) is 0.412. The standard InChI is InChI=1S/C17H21N5OS/c1-5-22(6-2)14(23)10-24-17-18-16-15(19-20-17)12-9-11(3)7-8-13(12)21(16)4/h7-9H,5-6,10H2,1-4H3. The molecule has 2 aromatic heterocycles. The summed E-state index contributed by atoms with van der Waals surface area (Å²) in [5, 5.41) is 10.1. The first-order valence-corrected chi connectivity index (χ1v) is 9.03. The summed E-state index contributed by atoms with van der Waals surface area (Å²) in [7, 11) is 1.98. The number of fused-ring (bicyclic) bond motifs is 3. The molecule has 1 amide bonds. The van der Waals surface area contributed by atoms with E-state index in [9.17, 15) is 4.79 Å². The van der Waals surface area contributed by atoms with E-state index < -0.39 is 0 Å². The van der Waals surface area contributed by atoms with Crippen LogP contribution in [-0.2, 0) is 11.8 Å². The quantitative estimate of drug-likeness (QED) is 0.667. The van der Waals surface area contributed by atoms with Gasteiger partial charge in [-0.15, -0.1) is 10.2 Å². The minimum atomic E-state index is 0.0985. The van der Waals surface area contributed by atoms with Gasteiger partial charge in [0.1, 0.15) is 5.52 Å². The lowest BCUT2D eigenvalue weighted by Gasteiger charge is -2.17. The molecule has 0 aliphatic rings. The molecule has 0 aliphatic heterocycles. The fourth-order valence-corrected chi connectivity index (χ4v) is 3.50. The van der Waals surface area contributed by atoms with Gasteiger partial charge in [-0.25, -0.2) is 4.98 Å². The molecule has 0 saturated carbocycles. The molecule has 126 valence electrons. The van der Waals surface area contributed by atoms with Gasteiger partial charge < -0.3 is 9.47 Å². The number of thioether (sulfide) groups is 1. The molecule has 0 saturated heterocycles. The van der Waals surface area contributed by atoms with Crippen molar-refractivity contribution in [3.8, 4) is 0 Å². The van der Waals surface area contributed by atoms with E-state index in [2.05, 4.69) is 40.3 Å². The van der Waals surface area contributed by atoms with Gasteiger partial charge >= 0.3 is 0 Å². The molecule has 24 heavy (non-hydrogen) atoms. The van der Waals surface area contributed by atoms with Crippen molar-refractivity contribution in [1.82, 2.24) is 24.6 Å². The third-order valence-corrected chi connectivity index (χ3v) is 5.00. The minimum Gasteiger partial charge on any atom is -0.343 e. The zero-order valence-corrected chi connectivity index (χ0v) is 15.2. The van der Waals surface area contributed by atoms with Crippen LogP contribution in [0.4, 0.5) is 0 Å². The Morgan fingerprint density at radius 2 is 2.00 bits per heavy atom. The second kappa shape index (κ2) is 6.76. The molecule has 0 atom stereocenters. The maximum Gasteiger partial charge on any atom is 0.233 e. The molecule has 0 unspecified atom stereocenters. The third kappa shape index (κ3) is 2.96. The number of amides is 1. The number of carbonyl (C=O) groups excluding carboxylic acids is 1. The van der Waals surface area contributed by atoms with E-state index in [1.807, 2.05) is 25.5 Å². The molecule has 0 bridgehead atoms. The number of rotatable bonds is 5. The van der Waals surface area contributed by atoms with Gasteiger partial charge in [0.15, 0.2) is 5.65 Å². The van der Waals surface area contributed by atoms with E-state index >= 15 is 0 Å². The van der Waals surface area contributed by atoms with Crippen molar-refractivity contribution in [2.24, 2.45) is 7.05 Å². The summed E-state index contributed by atoms with van der Waals surface area (Å²) < 4.78 is 2.02. The first-order valence-electron chi connectivity index (χ1n) is 8.05. The summed E-state index contributed by atoms with van der Waals surface area (Å²) in [5.74, 6) is 0.430. The van der Waals surface area contributed by atoms with Gasteiger partial charge in [0, 0.05) is 25.5 Å². The molecular weight excluding hydrogens is 322 g/mol. The maximum absolute atomic E-state index is 12.1. The molecule has 0 aliphatic carbocycles. The van der Waals surface area contributed by atoms with E-state index in [1.54, 1.807) is 4.90 Å². The fourth-order valence-electron chi connectivity index (χ4n) is 2.81. The molecule has 7 heteroatoms. The zero-order chi connectivity index (χ0) is 17.3. The van der Waals surface area contributed by atoms with Gasteiger partial charge in [-0.3, -0.25) is 4.79 Å². The Bertz CT molecular complexity index is 901. The first-order chi connectivity index (χ1) is 11.5. The Kier molecular flexibility index (Phi) is 4.71. The molecule has 0 spiro atoms. The number of hydrogen-bond acceptors (Lipinski definition) is 5. The largest absolute Gasteiger partial charge is 0.343 e. The summed E-state index contributed by atoms with van der Waals surface area (Å²) in [6.07, 6.45) is 0. The number of aromatic nitrogens is 4. The van der Waals surface area contributed by atoms with Gasteiger partial charge in [-0.1, -0.05) is 23.4 Å². The van der Waals surface area contributed by atoms with Gasteiger partial charge in [-0.2, -0.15) is 0 Å². The van der Waals surface area contributed by atoms with Crippen molar-refractivity contribution in [2.45, 2.75) is 25.9 Å². The highest BCUT2D eigenvalue weighted by molar-refractivity contribution is 7.99. The molecular formula is C17H21N5OS. The molecule has 3 aromatic rings. The van der Waals surface area contributed by atoms with Crippen LogP contribution in [0.3, 0.4) is 0 Å². The molecule has 1 aromatic carbocycles. The van der Waals surface area contributed by atoms with Gasteiger partial charge in [0.2, 0.25) is 11.1 Å².